The van der Waals surface area contributed by atoms with Crippen LogP contribution in [0.1, 0.15) is 10.6 Å². The molecular formula is C16H17N3O3. The van der Waals surface area contributed by atoms with Gasteiger partial charge in [-0.1, -0.05) is 6.07 Å². The summed E-state index contributed by atoms with van der Waals surface area (Å²) in [6, 6.07) is 9.33. The Morgan fingerprint density at radius 1 is 1.23 bits per heavy atom. The maximum atomic E-state index is 12.6. The number of carbonyl (C=O) groups is 1. The van der Waals surface area contributed by atoms with Gasteiger partial charge < -0.3 is 19.0 Å². The van der Waals surface area contributed by atoms with E-state index >= 15 is 0 Å². The standard InChI is InChI=1S/C16H17N3O3/c20-16(13-4-3-8-21-13)19-7-9-22-14-11-18(10-12(14)19)15-5-1-2-6-17-15/h1-6,8,12,14H,7,9-11H2/t12-,14+/m1/s1. The van der Waals surface area contributed by atoms with Crippen LogP contribution in [0.15, 0.2) is 47.2 Å². The molecule has 2 fully saturated rings. The second-order valence-corrected chi connectivity index (χ2v) is 5.55. The minimum absolute atomic E-state index is 0.0228. The first kappa shape index (κ1) is 13.3. The lowest BCUT2D eigenvalue weighted by molar-refractivity contribution is -0.0373. The summed E-state index contributed by atoms with van der Waals surface area (Å²) in [7, 11) is 0. The number of aromatic nitrogens is 1. The van der Waals surface area contributed by atoms with E-state index in [4.69, 9.17) is 9.15 Å². The summed E-state index contributed by atoms with van der Waals surface area (Å²) >= 11 is 0. The molecule has 0 saturated carbocycles. The fourth-order valence-corrected chi connectivity index (χ4v) is 3.21. The van der Waals surface area contributed by atoms with Gasteiger partial charge in [0.25, 0.3) is 5.91 Å². The van der Waals surface area contributed by atoms with Crippen LogP contribution in [0.2, 0.25) is 0 Å². The van der Waals surface area contributed by atoms with Gasteiger partial charge in [-0.3, -0.25) is 4.79 Å². The zero-order valence-corrected chi connectivity index (χ0v) is 12.1. The number of pyridine rings is 1. The lowest BCUT2D eigenvalue weighted by Crippen LogP contribution is -2.53. The number of furan rings is 1. The van der Waals surface area contributed by atoms with Crippen LogP contribution in [-0.2, 0) is 4.74 Å². The van der Waals surface area contributed by atoms with Gasteiger partial charge >= 0.3 is 0 Å². The molecule has 22 heavy (non-hydrogen) atoms. The van der Waals surface area contributed by atoms with Gasteiger partial charge in [-0.25, -0.2) is 4.98 Å². The van der Waals surface area contributed by atoms with E-state index in [1.807, 2.05) is 23.1 Å². The van der Waals surface area contributed by atoms with Crippen molar-refractivity contribution in [3.8, 4) is 0 Å². The third-order valence-electron chi connectivity index (χ3n) is 4.27. The molecule has 0 aromatic carbocycles. The number of fused-ring (bicyclic) bond motifs is 1. The Morgan fingerprint density at radius 3 is 2.95 bits per heavy atom. The quantitative estimate of drug-likeness (QED) is 0.839. The monoisotopic (exact) mass is 299 g/mol. The summed E-state index contributed by atoms with van der Waals surface area (Å²) in [4.78, 5) is 21.0. The predicted octanol–water partition coefficient (Wildman–Crippen LogP) is 1.40. The molecule has 0 spiro atoms. The van der Waals surface area contributed by atoms with Gasteiger partial charge in [-0.05, 0) is 24.3 Å². The maximum Gasteiger partial charge on any atom is 0.290 e. The fourth-order valence-electron chi connectivity index (χ4n) is 3.21. The summed E-state index contributed by atoms with van der Waals surface area (Å²) in [5.41, 5.74) is 0. The number of hydrogen-bond donors (Lipinski definition) is 0. The van der Waals surface area contributed by atoms with Crippen molar-refractivity contribution < 1.29 is 13.9 Å². The summed E-state index contributed by atoms with van der Waals surface area (Å²) < 4.78 is 11.1. The molecule has 6 nitrogen and oxygen atoms in total. The average molecular weight is 299 g/mol. The van der Waals surface area contributed by atoms with Crippen molar-refractivity contribution >= 4 is 11.7 Å². The Balaban J connectivity index is 1.55. The fraction of sp³-hybridized carbons (Fsp3) is 0.375. The Morgan fingerprint density at radius 2 is 2.18 bits per heavy atom. The number of amides is 1. The van der Waals surface area contributed by atoms with E-state index in [1.54, 1.807) is 18.3 Å². The van der Waals surface area contributed by atoms with Crippen molar-refractivity contribution in [1.29, 1.82) is 0 Å². The third-order valence-corrected chi connectivity index (χ3v) is 4.27. The zero-order chi connectivity index (χ0) is 14.9. The molecule has 2 aliphatic heterocycles. The Hall–Kier alpha value is -2.34. The summed E-state index contributed by atoms with van der Waals surface area (Å²) in [6.07, 6.45) is 3.33. The molecule has 0 bridgehead atoms. The molecule has 2 atom stereocenters. The highest BCUT2D eigenvalue weighted by Gasteiger charge is 2.43. The first-order chi connectivity index (χ1) is 10.8. The summed E-state index contributed by atoms with van der Waals surface area (Å²) in [5.74, 6) is 1.24. The summed E-state index contributed by atoms with van der Waals surface area (Å²) in [5, 5.41) is 0. The van der Waals surface area contributed by atoms with Gasteiger partial charge in [0.05, 0.1) is 25.0 Å². The topological polar surface area (TPSA) is 58.8 Å². The highest BCUT2D eigenvalue weighted by Crippen LogP contribution is 2.27. The Kier molecular flexibility index (Phi) is 3.31. The average Bonchev–Trinajstić information content (AvgIpc) is 3.24. The van der Waals surface area contributed by atoms with E-state index in [-0.39, 0.29) is 18.1 Å². The van der Waals surface area contributed by atoms with Crippen molar-refractivity contribution in [2.24, 2.45) is 0 Å². The van der Waals surface area contributed by atoms with Crippen LogP contribution < -0.4 is 4.90 Å². The molecule has 0 N–H and O–H groups in total. The van der Waals surface area contributed by atoms with Crippen LogP contribution in [0, 0.1) is 0 Å². The molecule has 4 heterocycles. The number of morpholine rings is 1. The van der Waals surface area contributed by atoms with Gasteiger partial charge in [-0.15, -0.1) is 0 Å². The zero-order valence-electron chi connectivity index (χ0n) is 12.1. The van der Waals surface area contributed by atoms with Gasteiger partial charge in [0, 0.05) is 25.8 Å². The van der Waals surface area contributed by atoms with E-state index in [1.165, 1.54) is 6.26 Å². The first-order valence-electron chi connectivity index (χ1n) is 7.45. The van der Waals surface area contributed by atoms with E-state index in [0.717, 1.165) is 18.9 Å². The van der Waals surface area contributed by atoms with E-state index in [0.29, 0.717) is 18.9 Å². The normalized spacial score (nSPS) is 24.4. The lowest BCUT2D eigenvalue weighted by Gasteiger charge is -2.36. The SMILES string of the molecule is O=C(c1ccco1)N1CCO[C@H]2CN(c3ccccn3)C[C@H]21. The second kappa shape index (κ2) is 5.46. The first-order valence-corrected chi connectivity index (χ1v) is 7.45. The van der Waals surface area contributed by atoms with Gasteiger partial charge in [-0.2, -0.15) is 0 Å². The van der Waals surface area contributed by atoms with Gasteiger partial charge in [0.1, 0.15) is 5.82 Å². The van der Waals surface area contributed by atoms with Crippen LogP contribution in [0.5, 0.6) is 0 Å². The molecule has 0 radical (unpaired) electrons. The Labute approximate surface area is 128 Å². The molecule has 2 aliphatic rings. The number of ether oxygens (including phenoxy) is 1. The van der Waals surface area contributed by atoms with Crippen LogP contribution in [0.25, 0.3) is 0 Å². The van der Waals surface area contributed by atoms with Crippen molar-refractivity contribution in [1.82, 2.24) is 9.88 Å². The number of nitrogens with zero attached hydrogens (tertiary/aromatic N) is 3. The van der Waals surface area contributed by atoms with E-state index in [9.17, 15) is 4.79 Å². The number of rotatable bonds is 2. The highest BCUT2D eigenvalue weighted by atomic mass is 16.5. The molecule has 4 rings (SSSR count). The number of carbonyl (C=O) groups excluding carboxylic acids is 1. The molecule has 0 unspecified atom stereocenters. The minimum Gasteiger partial charge on any atom is -0.459 e. The molecule has 2 saturated heterocycles. The van der Waals surface area contributed by atoms with Crippen LogP contribution >= 0.6 is 0 Å². The maximum absolute atomic E-state index is 12.6. The van der Waals surface area contributed by atoms with Gasteiger partial charge in [0.15, 0.2) is 5.76 Å². The van der Waals surface area contributed by atoms with Crippen molar-refractivity contribution in [2.75, 3.05) is 31.1 Å². The molecule has 6 heteroatoms. The molecular weight excluding hydrogens is 282 g/mol. The lowest BCUT2D eigenvalue weighted by atomic mass is 10.1. The van der Waals surface area contributed by atoms with Crippen LogP contribution in [-0.4, -0.2) is 54.2 Å². The van der Waals surface area contributed by atoms with Gasteiger partial charge in [0.2, 0.25) is 0 Å². The van der Waals surface area contributed by atoms with E-state index in [2.05, 4.69) is 9.88 Å². The summed E-state index contributed by atoms with van der Waals surface area (Å²) in [6.45, 7) is 2.64. The Bertz CT molecular complexity index is 644. The van der Waals surface area contributed by atoms with Crippen molar-refractivity contribution in [2.45, 2.75) is 12.1 Å². The van der Waals surface area contributed by atoms with Crippen LogP contribution in [0.4, 0.5) is 5.82 Å². The minimum atomic E-state index is -0.0637. The van der Waals surface area contributed by atoms with Crippen LogP contribution in [0.3, 0.4) is 0 Å². The predicted molar refractivity (Wildman–Crippen MR) is 79.7 cm³/mol. The molecule has 114 valence electrons. The number of anilines is 1. The largest absolute Gasteiger partial charge is 0.459 e. The molecule has 0 aliphatic carbocycles. The third kappa shape index (κ3) is 2.25. The van der Waals surface area contributed by atoms with Crippen molar-refractivity contribution in [3.63, 3.8) is 0 Å². The molecule has 2 aromatic heterocycles. The number of hydrogen-bond acceptors (Lipinski definition) is 5. The smallest absolute Gasteiger partial charge is 0.290 e. The highest BCUT2D eigenvalue weighted by molar-refractivity contribution is 5.91. The van der Waals surface area contributed by atoms with Crippen molar-refractivity contribution in [3.05, 3.63) is 48.6 Å². The van der Waals surface area contributed by atoms with E-state index < -0.39 is 0 Å². The second-order valence-electron chi connectivity index (χ2n) is 5.55. The molecule has 1 amide bonds. The molecule has 2 aromatic rings.